The Morgan fingerprint density at radius 1 is 1.46 bits per heavy atom. The molecule has 1 aliphatic heterocycles. The zero-order valence-corrected chi connectivity index (χ0v) is 14.1. The van der Waals surface area contributed by atoms with Gasteiger partial charge >= 0.3 is 0 Å². The van der Waals surface area contributed by atoms with Gasteiger partial charge in [-0.05, 0) is 37.9 Å². The quantitative estimate of drug-likeness (QED) is 0.888. The molecular weight excluding hydrogens is 332 g/mol. The van der Waals surface area contributed by atoms with Gasteiger partial charge in [0.25, 0.3) is 0 Å². The molecule has 0 bridgehead atoms. The standard InChI is InChI=1S/C17H19F2N3OS/c1-10-6-12(4-5-20-10)16(23)22-17-21-9-14(24-17)7-11-2-3-13(18)8-15(11)19/h2-3,8-10,12,20H,4-7H2,1H3,(H,21,22,23)/t10-,12-/m0/s1. The van der Waals surface area contributed by atoms with Gasteiger partial charge in [-0.3, -0.25) is 4.79 Å². The van der Waals surface area contributed by atoms with Crippen molar-refractivity contribution in [3.05, 3.63) is 46.5 Å². The number of carbonyl (C=O) groups excluding carboxylic acids is 1. The number of thiazole rings is 1. The van der Waals surface area contributed by atoms with E-state index in [9.17, 15) is 13.6 Å². The Kier molecular flexibility index (Phi) is 5.20. The number of rotatable bonds is 4. The second-order valence-electron chi connectivity index (χ2n) is 6.11. The fourth-order valence-corrected chi connectivity index (χ4v) is 3.72. The SMILES string of the molecule is C[C@H]1C[C@@H](C(=O)Nc2ncc(Cc3ccc(F)cc3F)s2)CCN1. The predicted molar refractivity (Wildman–Crippen MR) is 90.1 cm³/mol. The summed E-state index contributed by atoms with van der Waals surface area (Å²) in [4.78, 5) is 17.3. The van der Waals surface area contributed by atoms with Gasteiger partial charge in [-0.1, -0.05) is 6.07 Å². The van der Waals surface area contributed by atoms with Crippen molar-refractivity contribution in [2.24, 2.45) is 5.92 Å². The summed E-state index contributed by atoms with van der Waals surface area (Å²) < 4.78 is 26.6. The predicted octanol–water partition coefficient (Wildman–Crippen LogP) is 3.34. The van der Waals surface area contributed by atoms with E-state index in [0.29, 0.717) is 23.2 Å². The smallest absolute Gasteiger partial charge is 0.229 e. The summed E-state index contributed by atoms with van der Waals surface area (Å²) in [7, 11) is 0. The number of amides is 1. The molecule has 1 aromatic heterocycles. The van der Waals surface area contributed by atoms with Crippen molar-refractivity contribution in [3.63, 3.8) is 0 Å². The number of nitrogens with zero attached hydrogens (tertiary/aromatic N) is 1. The van der Waals surface area contributed by atoms with E-state index in [1.54, 1.807) is 6.20 Å². The normalized spacial score (nSPS) is 20.8. The zero-order chi connectivity index (χ0) is 17.1. The van der Waals surface area contributed by atoms with Crippen LogP contribution in [0, 0.1) is 17.6 Å². The summed E-state index contributed by atoms with van der Waals surface area (Å²) in [6.07, 6.45) is 3.57. The number of aromatic nitrogens is 1. The van der Waals surface area contributed by atoms with Crippen LogP contribution in [-0.2, 0) is 11.2 Å². The molecule has 0 spiro atoms. The first kappa shape index (κ1) is 17.0. The summed E-state index contributed by atoms with van der Waals surface area (Å²) in [5.74, 6) is -1.19. The molecule has 1 fully saturated rings. The Labute approximate surface area is 143 Å². The topological polar surface area (TPSA) is 54.0 Å². The minimum atomic E-state index is -0.593. The highest BCUT2D eigenvalue weighted by Crippen LogP contribution is 2.24. The maximum atomic E-state index is 13.7. The number of halogens is 2. The number of hydrogen-bond acceptors (Lipinski definition) is 4. The average Bonchev–Trinajstić information content (AvgIpc) is 2.97. The molecule has 0 saturated carbocycles. The lowest BCUT2D eigenvalue weighted by Gasteiger charge is -2.26. The number of nitrogens with one attached hydrogen (secondary N) is 2. The number of benzene rings is 1. The second-order valence-corrected chi connectivity index (χ2v) is 7.23. The summed E-state index contributed by atoms with van der Waals surface area (Å²) in [5, 5.41) is 6.68. The number of carbonyl (C=O) groups is 1. The van der Waals surface area contributed by atoms with Crippen molar-refractivity contribution in [1.29, 1.82) is 0 Å². The van der Waals surface area contributed by atoms with E-state index >= 15 is 0 Å². The second kappa shape index (κ2) is 7.36. The molecule has 24 heavy (non-hydrogen) atoms. The number of anilines is 1. The molecule has 4 nitrogen and oxygen atoms in total. The van der Waals surface area contributed by atoms with Gasteiger partial charge in [0.05, 0.1) is 0 Å². The summed E-state index contributed by atoms with van der Waals surface area (Å²) >= 11 is 1.31. The third-order valence-electron chi connectivity index (χ3n) is 4.16. The Hall–Kier alpha value is -1.86. The van der Waals surface area contributed by atoms with Gasteiger partial charge in [0.15, 0.2) is 5.13 Å². The molecule has 1 aromatic carbocycles. The van der Waals surface area contributed by atoms with Gasteiger partial charge in [0.1, 0.15) is 11.6 Å². The van der Waals surface area contributed by atoms with Crippen LogP contribution < -0.4 is 10.6 Å². The van der Waals surface area contributed by atoms with E-state index in [0.717, 1.165) is 30.3 Å². The molecule has 1 aliphatic rings. The van der Waals surface area contributed by atoms with E-state index in [-0.39, 0.29) is 11.8 Å². The van der Waals surface area contributed by atoms with E-state index in [1.165, 1.54) is 23.5 Å². The summed E-state index contributed by atoms with van der Waals surface area (Å²) in [6, 6.07) is 3.87. The summed E-state index contributed by atoms with van der Waals surface area (Å²) in [6.45, 7) is 2.91. The van der Waals surface area contributed by atoms with Crippen molar-refractivity contribution in [3.8, 4) is 0 Å². The van der Waals surface area contributed by atoms with E-state index < -0.39 is 11.6 Å². The zero-order valence-electron chi connectivity index (χ0n) is 13.3. The molecule has 0 aliphatic carbocycles. The third kappa shape index (κ3) is 4.15. The average molecular weight is 351 g/mol. The fraction of sp³-hybridized carbons (Fsp3) is 0.412. The van der Waals surface area contributed by atoms with E-state index in [1.807, 2.05) is 0 Å². The Morgan fingerprint density at radius 3 is 3.04 bits per heavy atom. The number of hydrogen-bond donors (Lipinski definition) is 2. The van der Waals surface area contributed by atoms with Crippen LogP contribution in [0.2, 0.25) is 0 Å². The fourth-order valence-electron chi connectivity index (χ4n) is 2.88. The van der Waals surface area contributed by atoms with E-state index in [2.05, 4.69) is 22.5 Å². The maximum absolute atomic E-state index is 13.7. The van der Waals surface area contributed by atoms with Crippen molar-refractivity contribution < 1.29 is 13.6 Å². The molecule has 2 N–H and O–H groups in total. The van der Waals surface area contributed by atoms with Gasteiger partial charge in [-0.25, -0.2) is 13.8 Å². The molecule has 7 heteroatoms. The molecule has 0 radical (unpaired) electrons. The van der Waals surface area contributed by atoms with Crippen LogP contribution in [0.25, 0.3) is 0 Å². The monoisotopic (exact) mass is 351 g/mol. The van der Waals surface area contributed by atoms with Crippen molar-refractivity contribution in [1.82, 2.24) is 10.3 Å². The lowest BCUT2D eigenvalue weighted by Crippen LogP contribution is -2.40. The molecule has 2 heterocycles. The van der Waals surface area contributed by atoms with Gasteiger partial charge in [0.2, 0.25) is 5.91 Å². The molecule has 2 atom stereocenters. The molecule has 128 valence electrons. The van der Waals surface area contributed by atoms with Crippen LogP contribution in [0.3, 0.4) is 0 Å². The third-order valence-corrected chi connectivity index (χ3v) is 5.07. The first-order valence-electron chi connectivity index (χ1n) is 7.94. The van der Waals surface area contributed by atoms with Crippen molar-refractivity contribution >= 4 is 22.4 Å². The highest BCUT2D eigenvalue weighted by molar-refractivity contribution is 7.15. The Morgan fingerprint density at radius 2 is 2.29 bits per heavy atom. The minimum Gasteiger partial charge on any atom is -0.314 e. The Bertz CT molecular complexity index is 734. The van der Waals surface area contributed by atoms with Crippen LogP contribution in [-0.4, -0.2) is 23.5 Å². The molecular formula is C17H19F2N3OS. The van der Waals surface area contributed by atoms with Crippen LogP contribution in [0.4, 0.5) is 13.9 Å². The van der Waals surface area contributed by atoms with Gasteiger partial charge in [0, 0.05) is 35.5 Å². The molecule has 1 amide bonds. The van der Waals surface area contributed by atoms with Crippen LogP contribution >= 0.6 is 11.3 Å². The van der Waals surface area contributed by atoms with Crippen molar-refractivity contribution in [2.45, 2.75) is 32.2 Å². The maximum Gasteiger partial charge on any atom is 0.229 e. The summed E-state index contributed by atoms with van der Waals surface area (Å²) in [5.41, 5.74) is 0.408. The van der Waals surface area contributed by atoms with Gasteiger partial charge in [-0.2, -0.15) is 0 Å². The largest absolute Gasteiger partial charge is 0.314 e. The molecule has 1 saturated heterocycles. The van der Waals surface area contributed by atoms with Gasteiger partial charge < -0.3 is 10.6 Å². The molecule has 0 unspecified atom stereocenters. The van der Waals surface area contributed by atoms with Crippen LogP contribution in [0.1, 0.15) is 30.2 Å². The van der Waals surface area contributed by atoms with E-state index in [4.69, 9.17) is 0 Å². The number of piperidine rings is 1. The molecule has 2 aromatic rings. The van der Waals surface area contributed by atoms with Crippen LogP contribution in [0.15, 0.2) is 24.4 Å². The molecule has 3 rings (SSSR count). The van der Waals surface area contributed by atoms with Crippen molar-refractivity contribution in [2.75, 3.05) is 11.9 Å². The highest BCUT2D eigenvalue weighted by Gasteiger charge is 2.25. The van der Waals surface area contributed by atoms with Crippen LogP contribution in [0.5, 0.6) is 0 Å². The highest BCUT2D eigenvalue weighted by atomic mass is 32.1. The Balaban J connectivity index is 1.62. The first-order chi connectivity index (χ1) is 11.5. The van der Waals surface area contributed by atoms with Gasteiger partial charge in [-0.15, -0.1) is 11.3 Å². The lowest BCUT2D eigenvalue weighted by atomic mass is 9.93. The lowest BCUT2D eigenvalue weighted by molar-refractivity contribution is -0.120. The first-order valence-corrected chi connectivity index (χ1v) is 8.76. The minimum absolute atomic E-state index is 0.0110.